The predicted octanol–water partition coefficient (Wildman–Crippen LogP) is 17.3. The first-order chi connectivity index (χ1) is 62.4. The maximum atomic E-state index is 13.0. The fraction of sp³-hybridized carbons (Fsp3) is 0.128. The molecule has 2 aliphatic rings. The van der Waals surface area contributed by atoms with E-state index in [-0.39, 0.29) is 56.9 Å². The van der Waals surface area contributed by atoms with Crippen molar-refractivity contribution >= 4 is 169 Å². The maximum absolute atomic E-state index is 13.0. The van der Waals surface area contributed by atoms with Gasteiger partial charge >= 0.3 is 0 Å². The van der Waals surface area contributed by atoms with Gasteiger partial charge in [0, 0.05) is 115 Å². The molecule has 2 fully saturated rings. The average molecular weight is 1860 g/mol. The standard InChI is InChI=1S/C26H23ClN4O2.C25H23ClN6O3S.C23H19ClN4O4S.C20H12Cl2N4O/c27-22-9-8-20(15-21(22)25-16-28-23-6-1-2-7-24(23)30-25)29-26(32)19-5-3-4-18(14-19)17-31-10-12-33-13-11-31;1-31-10-12-32(13-11-31)36(34,35)18-7-9-23(27-15-18)25(33)29-17-6-8-20(26)19(14-17)24-16-28-21-4-2-3-5-22(21)30-24;24-19-10-7-16(13-18(19)22-14-25-20-3-1-2-4-21(20)28-22)27-23(30)15-5-8-17(9-6-15)33(31,32)26-11-12-29;21-14-9-8-12(24-20(27)17-6-3-7-19(22)26-17)10-13(14)18-11-23-15-4-1-2-5-16(15)25-18/h1-9,14-16H,10-13,17H2,(H,29,32);2-9,14-16H,10-13H2,1H3,(H,29,33);1-10,13-14,26,29H,11-12H2,(H,27,30);1-11H,(H,24,27). The van der Waals surface area contributed by atoms with Gasteiger partial charge in [-0.25, -0.2) is 51.5 Å². The third-order valence-corrected chi connectivity index (χ3v) is 25.2. The summed E-state index contributed by atoms with van der Waals surface area (Å²) in [4.78, 5) is 99.7. The summed E-state index contributed by atoms with van der Waals surface area (Å²) in [6.07, 6.45) is 7.84. The van der Waals surface area contributed by atoms with Gasteiger partial charge in [-0.3, -0.25) is 44.0 Å². The van der Waals surface area contributed by atoms with Gasteiger partial charge in [-0.1, -0.05) is 125 Å². The van der Waals surface area contributed by atoms with Crippen molar-refractivity contribution in [1.29, 1.82) is 0 Å². The number of likely N-dealkylation sites (N-methyl/N-ethyl adjacent to an activating group) is 1. The summed E-state index contributed by atoms with van der Waals surface area (Å²) < 4.78 is 59.1. The van der Waals surface area contributed by atoms with E-state index >= 15 is 0 Å². The number of aliphatic hydroxyl groups excluding tert-OH is 1. The van der Waals surface area contributed by atoms with Crippen molar-refractivity contribution in [2.75, 3.05) is 93.9 Å². The molecule has 0 bridgehead atoms. The Morgan fingerprint density at radius 2 is 0.775 bits per heavy atom. The van der Waals surface area contributed by atoms with E-state index in [4.69, 9.17) is 67.8 Å². The summed E-state index contributed by atoms with van der Waals surface area (Å²) in [6.45, 7) is 5.88. The number of sulfonamides is 2. The van der Waals surface area contributed by atoms with Gasteiger partial charge in [0.1, 0.15) is 21.4 Å². The fourth-order valence-electron chi connectivity index (χ4n) is 13.6. The third-order valence-electron chi connectivity index (χ3n) is 20.3. The number of fused-ring (bicyclic) bond motifs is 4. The lowest BCUT2D eigenvalue weighted by atomic mass is 10.1. The van der Waals surface area contributed by atoms with E-state index in [1.165, 1.54) is 46.9 Å². The number of halogens is 5. The van der Waals surface area contributed by atoms with Gasteiger partial charge in [0.15, 0.2) is 0 Å². The topological polar surface area (TPSA) is 365 Å². The Balaban J connectivity index is 0.000000133. The van der Waals surface area contributed by atoms with E-state index in [0.29, 0.717) is 120 Å². The number of hydrogen-bond acceptors (Lipinski definition) is 22. The van der Waals surface area contributed by atoms with Crippen LogP contribution in [0.25, 0.3) is 89.2 Å². The van der Waals surface area contributed by atoms with Crippen molar-refractivity contribution in [3.63, 3.8) is 0 Å². The Morgan fingerprint density at radius 3 is 1.19 bits per heavy atom. The second kappa shape index (κ2) is 41.7. The largest absolute Gasteiger partial charge is 0.395 e. The number of morpholine rings is 1. The summed E-state index contributed by atoms with van der Waals surface area (Å²) in [5.74, 6) is -1.43. The highest BCUT2D eigenvalue weighted by molar-refractivity contribution is 7.89. The molecular formula is C94H77Cl5N18O10S2. The normalized spacial score (nSPS) is 13.1. The molecular weight excluding hydrogens is 1780 g/mol. The summed E-state index contributed by atoms with van der Waals surface area (Å²) >= 11 is 31.4. The molecule has 0 radical (unpaired) electrons. The number of nitrogens with zero attached hydrogens (tertiary/aromatic N) is 13. The molecule has 8 heterocycles. The number of hydrogen-bond donors (Lipinski definition) is 6. The zero-order chi connectivity index (χ0) is 90.1. The number of nitrogens with one attached hydrogen (secondary N) is 5. The van der Waals surface area contributed by atoms with Crippen LogP contribution in [-0.4, -0.2) is 182 Å². The first kappa shape index (κ1) is 90.6. The Labute approximate surface area is 765 Å². The smallest absolute Gasteiger partial charge is 0.274 e. The lowest BCUT2D eigenvalue weighted by Gasteiger charge is -2.31. The second-order valence-corrected chi connectivity index (χ2v) is 35.0. The van der Waals surface area contributed by atoms with Gasteiger partial charge in [-0.05, 0) is 195 Å². The first-order valence-electron chi connectivity index (χ1n) is 40.1. The van der Waals surface area contributed by atoms with E-state index in [2.05, 4.69) is 85.6 Å². The third kappa shape index (κ3) is 23.1. The SMILES string of the molecule is CN1CCN(S(=O)(=O)c2ccc(C(=O)Nc3ccc(Cl)c(-c4cnc5ccccc5n4)c3)nc2)CC1.O=C(Nc1ccc(Cl)c(-c2cnc3ccccc3n2)c1)c1ccc(S(=O)(=O)NCCO)cc1.O=C(Nc1ccc(Cl)c(-c2cnc3ccccc3n2)c1)c1cccc(CN2CCOCC2)c1.O=C(Nc1ccc(Cl)c(-c2cnc3ccccc3n2)c1)c1cccc(Cl)n1. The van der Waals surface area contributed by atoms with E-state index in [0.717, 1.165) is 82.5 Å². The molecule has 0 unspecified atom stereocenters. The molecule has 650 valence electrons. The number of carbonyl (C=O) groups is 4. The molecule has 0 spiro atoms. The van der Waals surface area contributed by atoms with Gasteiger partial charge in [0.2, 0.25) is 20.0 Å². The molecule has 10 aromatic carbocycles. The van der Waals surface area contributed by atoms with Gasteiger partial charge in [-0.2, -0.15) is 4.31 Å². The lowest BCUT2D eigenvalue weighted by Crippen LogP contribution is -2.47. The summed E-state index contributed by atoms with van der Waals surface area (Å²) in [6, 6.07) is 71.8. The fourth-order valence-corrected chi connectivity index (χ4v) is 17.0. The molecule has 4 amide bonds. The molecule has 0 atom stereocenters. The van der Waals surface area contributed by atoms with E-state index in [1.54, 1.807) is 110 Å². The van der Waals surface area contributed by atoms with Crippen molar-refractivity contribution in [1.82, 2.24) is 68.7 Å². The van der Waals surface area contributed by atoms with Gasteiger partial charge in [-0.15, -0.1) is 0 Å². The van der Waals surface area contributed by atoms with E-state index in [9.17, 15) is 36.0 Å². The molecule has 18 rings (SSSR count). The minimum Gasteiger partial charge on any atom is -0.395 e. The highest BCUT2D eigenvalue weighted by Gasteiger charge is 2.29. The van der Waals surface area contributed by atoms with Crippen molar-refractivity contribution in [2.45, 2.75) is 16.3 Å². The predicted molar refractivity (Wildman–Crippen MR) is 503 cm³/mol. The quantitative estimate of drug-likeness (QED) is 0.0386. The van der Waals surface area contributed by atoms with Crippen LogP contribution >= 0.6 is 58.0 Å². The number of pyridine rings is 2. The number of aliphatic hydroxyl groups is 1. The molecule has 16 aromatic rings. The monoisotopic (exact) mass is 1860 g/mol. The Hall–Kier alpha value is -13.2. The molecule has 129 heavy (non-hydrogen) atoms. The van der Waals surface area contributed by atoms with E-state index in [1.807, 2.05) is 134 Å². The molecule has 6 N–H and O–H groups in total. The summed E-state index contributed by atoms with van der Waals surface area (Å²) in [5, 5.41) is 22.4. The number of anilines is 4. The second-order valence-electron chi connectivity index (χ2n) is 29.2. The van der Waals surface area contributed by atoms with Gasteiger partial charge in [0.25, 0.3) is 23.6 Å². The number of ether oxygens (including phenoxy) is 1. The number of amides is 4. The highest BCUT2D eigenvalue weighted by atomic mass is 35.5. The van der Waals surface area contributed by atoms with Crippen molar-refractivity contribution in [3.05, 3.63) is 333 Å². The molecule has 0 aliphatic carbocycles. The number of benzene rings is 10. The van der Waals surface area contributed by atoms with Crippen LogP contribution in [0.2, 0.25) is 25.2 Å². The zero-order valence-corrected chi connectivity index (χ0v) is 73.9. The van der Waals surface area contributed by atoms with Crippen molar-refractivity contribution in [2.24, 2.45) is 0 Å². The molecule has 28 nitrogen and oxygen atoms in total. The Kier molecular flexibility index (Phi) is 29.3. The average Bonchev–Trinajstić information content (AvgIpc) is 0.821. The Morgan fingerprint density at radius 1 is 0.380 bits per heavy atom. The summed E-state index contributed by atoms with van der Waals surface area (Å²) in [5.41, 5.74) is 15.7. The first-order valence-corrected chi connectivity index (χ1v) is 44.9. The van der Waals surface area contributed by atoms with Crippen LogP contribution in [0.3, 0.4) is 0 Å². The van der Waals surface area contributed by atoms with Gasteiger partial charge < -0.3 is 36.0 Å². The minimum absolute atomic E-state index is 0.00356. The molecule has 0 saturated carbocycles. The van der Waals surface area contributed by atoms with Crippen LogP contribution in [0.5, 0.6) is 0 Å². The van der Waals surface area contributed by atoms with Crippen LogP contribution in [0, 0.1) is 0 Å². The lowest BCUT2D eigenvalue weighted by molar-refractivity contribution is 0.0342. The molecule has 2 saturated heterocycles. The highest BCUT2D eigenvalue weighted by Crippen LogP contribution is 2.36. The zero-order valence-electron chi connectivity index (χ0n) is 68.5. The van der Waals surface area contributed by atoms with Crippen LogP contribution in [0.15, 0.2) is 289 Å². The molecule has 2 aliphatic heterocycles. The molecule has 35 heteroatoms. The molecule has 6 aromatic heterocycles. The van der Waals surface area contributed by atoms with Crippen LogP contribution in [0.4, 0.5) is 22.7 Å². The minimum atomic E-state index is -3.75. The van der Waals surface area contributed by atoms with Crippen LogP contribution < -0.4 is 26.0 Å². The van der Waals surface area contributed by atoms with Crippen LogP contribution in [0.1, 0.15) is 47.3 Å². The summed E-state index contributed by atoms with van der Waals surface area (Å²) in [7, 11) is -5.45. The number of carbonyl (C=O) groups excluding carboxylic acids is 4. The number of para-hydroxylation sites is 8. The maximum Gasteiger partial charge on any atom is 0.274 e. The number of piperazine rings is 1. The number of aromatic nitrogens is 10. The van der Waals surface area contributed by atoms with Crippen LogP contribution in [-0.2, 0) is 31.3 Å². The van der Waals surface area contributed by atoms with Crippen molar-refractivity contribution in [3.8, 4) is 45.0 Å². The van der Waals surface area contributed by atoms with Crippen molar-refractivity contribution < 1.29 is 45.9 Å². The Bertz CT molecular complexity index is 7110. The van der Waals surface area contributed by atoms with E-state index < -0.39 is 31.9 Å². The number of rotatable bonds is 20. The van der Waals surface area contributed by atoms with Gasteiger partial charge in [0.05, 0.1) is 137 Å².